The van der Waals surface area contributed by atoms with Crippen molar-refractivity contribution >= 4 is 55.5 Å². The van der Waals surface area contributed by atoms with Gasteiger partial charge in [0, 0.05) is 48.7 Å². The predicted molar refractivity (Wildman–Crippen MR) is 150 cm³/mol. The number of rotatable bonds is 5. The van der Waals surface area contributed by atoms with Crippen LogP contribution in [-0.2, 0) is 49.2 Å². The third-order valence-corrected chi connectivity index (χ3v) is 9.29. The van der Waals surface area contributed by atoms with Gasteiger partial charge in [0.1, 0.15) is 6.23 Å². The number of ether oxygens (including phenoxy) is 4. The van der Waals surface area contributed by atoms with Gasteiger partial charge in [-0.3, -0.25) is 4.79 Å². The summed E-state index contributed by atoms with van der Waals surface area (Å²) in [6.45, 7) is 2.94. The van der Waals surface area contributed by atoms with Crippen molar-refractivity contribution in [1.29, 1.82) is 0 Å². The van der Waals surface area contributed by atoms with Crippen LogP contribution >= 0.6 is 0 Å². The SMILES string of the molecule is COCc1ccc2c(c1)c1c3c(c4c5cc(COC)ccc5n5c4c1n2C1C[C@](O)(C(=O)OC)[C@]5(C)O1)CNC3=O. The number of hydrogen-bond donors (Lipinski definition) is 2. The summed E-state index contributed by atoms with van der Waals surface area (Å²) in [5.74, 6) is -0.885. The van der Waals surface area contributed by atoms with Gasteiger partial charge in [0.15, 0.2) is 5.72 Å². The highest BCUT2D eigenvalue weighted by molar-refractivity contribution is 6.31. The molecule has 0 radical (unpaired) electrons. The molecule has 2 aromatic heterocycles. The maximum absolute atomic E-state index is 13.6. The zero-order valence-corrected chi connectivity index (χ0v) is 23.2. The lowest BCUT2D eigenvalue weighted by molar-refractivity contribution is -0.202. The van der Waals surface area contributed by atoms with Crippen molar-refractivity contribution in [3.8, 4) is 0 Å². The topological polar surface area (TPSA) is 113 Å². The Morgan fingerprint density at radius 1 is 1.02 bits per heavy atom. The van der Waals surface area contributed by atoms with Crippen LogP contribution in [-0.4, -0.2) is 53.0 Å². The van der Waals surface area contributed by atoms with Crippen molar-refractivity contribution in [2.24, 2.45) is 0 Å². The Morgan fingerprint density at radius 2 is 1.68 bits per heavy atom. The zero-order valence-electron chi connectivity index (χ0n) is 23.2. The molecular formula is C31H29N3O7. The average molecular weight is 556 g/mol. The number of fused-ring (bicyclic) bond motifs is 13. The Morgan fingerprint density at radius 3 is 2.34 bits per heavy atom. The first kappa shape index (κ1) is 24.8. The normalized spacial score (nSPS) is 24.6. The standard InChI is InChI=1S/C31H29N3O7/c1-30-31(37,29(36)40-4)11-22(41-30)33-20-7-5-15(13-38-2)9-17(20)24-25-19(12-32-28(25)35)23-18-10-16(14-39-3)6-8-21(18)34(30)27(23)26(24)33/h5-10,22,37H,11-14H2,1-4H3,(H,32,35)/t22?,30-,31-/m0/s1. The summed E-state index contributed by atoms with van der Waals surface area (Å²) in [6.07, 6.45) is -0.730. The summed E-state index contributed by atoms with van der Waals surface area (Å²) < 4.78 is 26.8. The van der Waals surface area contributed by atoms with Gasteiger partial charge >= 0.3 is 5.97 Å². The summed E-state index contributed by atoms with van der Waals surface area (Å²) in [5, 5.41) is 18.8. The Hall–Kier alpha value is -3.96. The van der Waals surface area contributed by atoms with Gasteiger partial charge in [-0.15, -0.1) is 0 Å². The molecule has 3 aromatic carbocycles. The number of aromatic nitrogens is 2. The van der Waals surface area contributed by atoms with E-state index in [4.69, 9.17) is 18.9 Å². The second kappa shape index (κ2) is 8.07. The van der Waals surface area contributed by atoms with Gasteiger partial charge in [0.25, 0.3) is 5.91 Å². The van der Waals surface area contributed by atoms with E-state index in [0.29, 0.717) is 25.3 Å². The molecule has 5 heterocycles. The average Bonchev–Trinajstić information content (AvgIpc) is 3.65. The Labute approximate surface area is 234 Å². The fourth-order valence-electron chi connectivity index (χ4n) is 7.60. The van der Waals surface area contributed by atoms with Crippen LogP contribution in [0.3, 0.4) is 0 Å². The summed E-state index contributed by atoms with van der Waals surface area (Å²) in [4.78, 5) is 26.9. The maximum atomic E-state index is 13.6. The van der Waals surface area contributed by atoms with E-state index in [1.54, 1.807) is 21.1 Å². The van der Waals surface area contributed by atoms with E-state index < -0.39 is 23.5 Å². The quantitative estimate of drug-likeness (QED) is 0.316. The molecule has 8 rings (SSSR count). The number of esters is 1. The monoisotopic (exact) mass is 555 g/mol. The largest absolute Gasteiger partial charge is 0.467 e. The Bertz CT molecular complexity index is 2010. The van der Waals surface area contributed by atoms with Gasteiger partial charge in [-0.05, 0) is 47.9 Å². The van der Waals surface area contributed by atoms with Crippen LogP contribution in [0.1, 0.15) is 46.6 Å². The van der Waals surface area contributed by atoms with Gasteiger partial charge in [-0.1, -0.05) is 12.1 Å². The fourth-order valence-corrected chi connectivity index (χ4v) is 7.60. The van der Waals surface area contributed by atoms with Gasteiger partial charge < -0.3 is 38.5 Å². The second-order valence-electron chi connectivity index (χ2n) is 11.4. The summed E-state index contributed by atoms with van der Waals surface area (Å²) >= 11 is 0. The van der Waals surface area contributed by atoms with Crippen molar-refractivity contribution < 1.29 is 33.6 Å². The first-order chi connectivity index (χ1) is 19.8. The van der Waals surface area contributed by atoms with Crippen LogP contribution in [0.25, 0.3) is 43.6 Å². The third kappa shape index (κ3) is 2.80. The molecule has 1 fully saturated rings. The molecular weight excluding hydrogens is 526 g/mol. The summed E-state index contributed by atoms with van der Waals surface area (Å²) in [6, 6.07) is 12.1. The fraction of sp³-hybridized carbons (Fsp3) is 0.355. The minimum Gasteiger partial charge on any atom is -0.467 e. The molecule has 3 aliphatic heterocycles. The van der Waals surface area contributed by atoms with E-state index in [1.807, 2.05) is 33.4 Å². The van der Waals surface area contributed by atoms with E-state index in [1.165, 1.54) is 7.11 Å². The highest BCUT2D eigenvalue weighted by atomic mass is 16.6. The highest BCUT2D eigenvalue weighted by Gasteiger charge is 2.65. The summed E-state index contributed by atoms with van der Waals surface area (Å²) in [7, 11) is 4.58. The van der Waals surface area contributed by atoms with E-state index in [-0.39, 0.29) is 12.3 Å². The smallest absolute Gasteiger partial charge is 0.343 e. The number of nitrogens with one attached hydrogen (secondary N) is 1. The van der Waals surface area contributed by atoms with Crippen molar-refractivity contribution in [3.05, 3.63) is 58.7 Å². The molecule has 1 amide bonds. The minimum atomic E-state index is -1.99. The molecule has 2 N–H and O–H groups in total. The maximum Gasteiger partial charge on any atom is 0.343 e. The predicted octanol–water partition coefficient (Wildman–Crippen LogP) is 3.95. The molecule has 1 saturated heterocycles. The third-order valence-electron chi connectivity index (χ3n) is 9.29. The molecule has 0 saturated carbocycles. The number of amides is 1. The first-order valence-electron chi connectivity index (χ1n) is 13.6. The van der Waals surface area contributed by atoms with Crippen LogP contribution in [0.15, 0.2) is 36.4 Å². The molecule has 2 bridgehead atoms. The van der Waals surface area contributed by atoms with E-state index in [9.17, 15) is 14.7 Å². The zero-order chi connectivity index (χ0) is 28.4. The van der Waals surface area contributed by atoms with Gasteiger partial charge in [0.2, 0.25) is 5.60 Å². The lowest BCUT2D eigenvalue weighted by Crippen LogP contribution is -2.56. The second-order valence-corrected chi connectivity index (χ2v) is 11.4. The van der Waals surface area contributed by atoms with Crippen LogP contribution in [0, 0.1) is 0 Å². The molecule has 10 heteroatoms. The molecule has 210 valence electrons. The van der Waals surface area contributed by atoms with Crippen molar-refractivity contribution in [1.82, 2.24) is 14.5 Å². The van der Waals surface area contributed by atoms with Crippen LogP contribution in [0.2, 0.25) is 0 Å². The van der Waals surface area contributed by atoms with Crippen LogP contribution in [0.4, 0.5) is 0 Å². The molecule has 41 heavy (non-hydrogen) atoms. The van der Waals surface area contributed by atoms with Gasteiger partial charge in [-0.25, -0.2) is 4.79 Å². The van der Waals surface area contributed by atoms with Gasteiger partial charge in [0.05, 0.1) is 48.0 Å². The number of carbonyl (C=O) groups is 2. The molecule has 3 aliphatic rings. The van der Waals surface area contributed by atoms with Crippen LogP contribution < -0.4 is 5.32 Å². The lowest BCUT2D eigenvalue weighted by Gasteiger charge is -2.37. The highest BCUT2D eigenvalue weighted by Crippen LogP contribution is 2.57. The lowest BCUT2D eigenvalue weighted by atomic mass is 9.88. The van der Waals surface area contributed by atoms with E-state index >= 15 is 0 Å². The molecule has 0 spiro atoms. The van der Waals surface area contributed by atoms with Gasteiger partial charge in [-0.2, -0.15) is 0 Å². The molecule has 1 unspecified atom stereocenters. The van der Waals surface area contributed by atoms with Crippen LogP contribution in [0.5, 0.6) is 0 Å². The number of hydrogen-bond acceptors (Lipinski definition) is 7. The molecule has 10 nitrogen and oxygen atoms in total. The Balaban J connectivity index is 1.66. The number of aliphatic hydroxyl groups is 1. The van der Waals surface area contributed by atoms with Crippen molar-refractivity contribution in [2.75, 3.05) is 21.3 Å². The first-order valence-corrected chi connectivity index (χ1v) is 13.6. The Kier molecular flexibility index (Phi) is 4.88. The van der Waals surface area contributed by atoms with Crippen molar-refractivity contribution in [3.63, 3.8) is 0 Å². The number of benzene rings is 3. The van der Waals surface area contributed by atoms with E-state index in [2.05, 4.69) is 17.4 Å². The van der Waals surface area contributed by atoms with Crippen molar-refractivity contribution in [2.45, 2.75) is 50.7 Å². The number of methoxy groups -OCH3 is 3. The van der Waals surface area contributed by atoms with E-state index in [0.717, 1.165) is 60.3 Å². The molecule has 0 aliphatic carbocycles. The molecule has 3 atom stereocenters. The number of nitrogens with zero attached hydrogens (tertiary/aromatic N) is 2. The molecule has 5 aromatic rings. The number of carbonyl (C=O) groups excluding carboxylic acids is 2. The minimum absolute atomic E-state index is 0.0273. The summed E-state index contributed by atoms with van der Waals surface area (Å²) in [5.41, 5.74) is 3.23.